The van der Waals surface area contributed by atoms with E-state index < -0.39 is 11.8 Å². The predicted molar refractivity (Wildman–Crippen MR) is 188 cm³/mol. The highest BCUT2D eigenvalue weighted by molar-refractivity contribution is 8.00. The van der Waals surface area contributed by atoms with Gasteiger partial charge < -0.3 is 30.2 Å². The van der Waals surface area contributed by atoms with E-state index in [4.69, 9.17) is 14.2 Å². The highest BCUT2D eigenvalue weighted by Gasteiger charge is 2.26. The number of anilines is 2. The van der Waals surface area contributed by atoms with Crippen molar-refractivity contribution in [2.24, 2.45) is 5.10 Å². The molecule has 12 nitrogen and oxygen atoms in total. The summed E-state index contributed by atoms with van der Waals surface area (Å²) in [4.78, 5) is 52.3. The lowest BCUT2D eigenvalue weighted by Gasteiger charge is -2.15. The highest BCUT2D eigenvalue weighted by atomic mass is 32.2. The third-order valence-electron chi connectivity index (χ3n) is 7.07. The Morgan fingerprint density at radius 1 is 0.837 bits per heavy atom. The molecule has 0 bridgehead atoms. The van der Waals surface area contributed by atoms with Crippen molar-refractivity contribution in [1.29, 1.82) is 0 Å². The number of methoxy groups -OCH3 is 3. The summed E-state index contributed by atoms with van der Waals surface area (Å²) in [5.41, 5.74) is 1.94. The van der Waals surface area contributed by atoms with E-state index in [0.717, 1.165) is 4.90 Å². The number of rotatable bonds is 12. The lowest BCUT2D eigenvalue weighted by Crippen LogP contribution is -2.31. The van der Waals surface area contributed by atoms with E-state index in [1.54, 1.807) is 91.0 Å². The Balaban J connectivity index is 1.25. The largest absolute Gasteiger partial charge is 0.493 e. The zero-order valence-electron chi connectivity index (χ0n) is 26.9. The Morgan fingerprint density at radius 3 is 2.08 bits per heavy atom. The second kappa shape index (κ2) is 16.2. The van der Waals surface area contributed by atoms with Crippen molar-refractivity contribution in [3.63, 3.8) is 0 Å². The molecule has 0 aliphatic carbocycles. The van der Waals surface area contributed by atoms with Crippen LogP contribution in [0.25, 0.3) is 6.08 Å². The molecule has 1 aliphatic rings. The number of benzene rings is 4. The van der Waals surface area contributed by atoms with Gasteiger partial charge in [0.15, 0.2) is 11.5 Å². The van der Waals surface area contributed by atoms with E-state index in [0.29, 0.717) is 39.8 Å². The third kappa shape index (κ3) is 8.84. The van der Waals surface area contributed by atoms with Gasteiger partial charge in [-0.15, -0.1) is 11.8 Å². The van der Waals surface area contributed by atoms with E-state index in [-0.39, 0.29) is 35.5 Å². The first-order valence-corrected chi connectivity index (χ1v) is 15.9. The number of amidine groups is 1. The fourth-order valence-corrected chi connectivity index (χ4v) is 5.44. The molecule has 49 heavy (non-hydrogen) atoms. The van der Waals surface area contributed by atoms with Gasteiger partial charge in [0.05, 0.1) is 39.2 Å². The second-order valence-corrected chi connectivity index (χ2v) is 11.5. The van der Waals surface area contributed by atoms with E-state index in [9.17, 15) is 19.2 Å². The molecule has 4 amide bonds. The number of amides is 4. The van der Waals surface area contributed by atoms with Crippen molar-refractivity contribution in [1.82, 2.24) is 10.6 Å². The Morgan fingerprint density at radius 2 is 1.47 bits per heavy atom. The molecule has 0 unspecified atom stereocenters. The third-order valence-corrected chi connectivity index (χ3v) is 8.08. The van der Waals surface area contributed by atoms with Gasteiger partial charge in [-0.25, -0.2) is 0 Å². The van der Waals surface area contributed by atoms with Crippen LogP contribution < -0.4 is 35.2 Å². The molecule has 3 N–H and O–H groups in total. The van der Waals surface area contributed by atoms with Crippen molar-refractivity contribution < 1.29 is 33.4 Å². The number of hydrazone groups is 1. The van der Waals surface area contributed by atoms with Gasteiger partial charge >= 0.3 is 0 Å². The predicted octanol–water partition coefficient (Wildman–Crippen LogP) is 5.08. The maximum atomic E-state index is 13.5. The average Bonchev–Trinajstić information content (AvgIpc) is 3.50. The number of nitrogens with zero attached hydrogens (tertiary/aromatic N) is 2. The van der Waals surface area contributed by atoms with Crippen LogP contribution >= 0.6 is 11.8 Å². The molecule has 250 valence electrons. The van der Waals surface area contributed by atoms with Gasteiger partial charge in [-0.2, -0.15) is 10.1 Å². The van der Waals surface area contributed by atoms with E-state index in [1.165, 1.54) is 44.2 Å². The molecular weight excluding hydrogens is 646 g/mol. The number of para-hydroxylation sites is 1. The zero-order chi connectivity index (χ0) is 34.8. The van der Waals surface area contributed by atoms with Crippen LogP contribution in [0.15, 0.2) is 113 Å². The number of nitrogens with one attached hydrogen (secondary N) is 3. The smallest absolute Gasteiger partial charge is 0.272 e. The number of hydrogen-bond acceptors (Lipinski definition) is 9. The van der Waals surface area contributed by atoms with Gasteiger partial charge in [0, 0.05) is 16.1 Å². The molecule has 0 aromatic heterocycles. The van der Waals surface area contributed by atoms with Gasteiger partial charge in [0.1, 0.15) is 11.5 Å². The second-order valence-electron chi connectivity index (χ2n) is 10.4. The van der Waals surface area contributed by atoms with Gasteiger partial charge in [-0.3, -0.25) is 19.2 Å². The van der Waals surface area contributed by atoms with Crippen molar-refractivity contribution >= 4 is 58.7 Å². The van der Waals surface area contributed by atoms with Gasteiger partial charge in [0.2, 0.25) is 11.7 Å². The fourth-order valence-electron chi connectivity index (χ4n) is 4.74. The van der Waals surface area contributed by atoms with Crippen molar-refractivity contribution in [2.75, 3.05) is 37.4 Å². The van der Waals surface area contributed by atoms with Crippen LogP contribution in [0.3, 0.4) is 0 Å². The molecule has 4 aromatic carbocycles. The van der Waals surface area contributed by atoms with Crippen molar-refractivity contribution in [2.45, 2.75) is 11.3 Å². The van der Waals surface area contributed by atoms with Crippen LogP contribution in [0.5, 0.6) is 17.2 Å². The van der Waals surface area contributed by atoms with E-state index >= 15 is 0 Å². The molecule has 0 saturated heterocycles. The Hall–Kier alpha value is -6.08. The average molecular weight is 680 g/mol. The molecule has 0 radical (unpaired) electrons. The van der Waals surface area contributed by atoms with Crippen LogP contribution in [0, 0.1) is 0 Å². The molecule has 0 saturated carbocycles. The zero-order valence-corrected chi connectivity index (χ0v) is 27.7. The minimum absolute atomic E-state index is 0.00148. The number of carbonyl (C=O) groups is 4. The minimum Gasteiger partial charge on any atom is -0.493 e. The number of ether oxygens (including phenoxy) is 3. The molecule has 5 rings (SSSR count). The molecule has 1 heterocycles. The summed E-state index contributed by atoms with van der Waals surface area (Å²) < 4.78 is 16.3. The lowest BCUT2D eigenvalue weighted by molar-refractivity contribution is -0.117. The number of thioether (sulfide) groups is 1. The van der Waals surface area contributed by atoms with Gasteiger partial charge in [-0.05, 0) is 72.3 Å². The van der Waals surface area contributed by atoms with Gasteiger partial charge in [0.25, 0.3) is 17.7 Å². The maximum Gasteiger partial charge on any atom is 0.272 e. The standard InChI is InChI=1S/C36H33N5O7S/c1-46-29-19-23(20-30(47-2)34(29)48-3)18-28(38-35(44)24-10-6-4-7-11-24)36(45)37-25-14-16-27(17-15-25)49-22-32(42)39-31-21-33(43)41(40-31)26-12-8-5-9-13-26/h4-20H,21-22H2,1-3H3,(H,37,45)(H,38,44)(H,39,40,42)/b28-18-. The lowest BCUT2D eigenvalue weighted by atomic mass is 10.1. The highest BCUT2D eigenvalue weighted by Crippen LogP contribution is 2.38. The molecular formula is C36H33N5O7S. The van der Waals surface area contributed by atoms with E-state index in [2.05, 4.69) is 21.1 Å². The van der Waals surface area contributed by atoms with Gasteiger partial charge in [-0.1, -0.05) is 36.4 Å². The maximum absolute atomic E-state index is 13.5. The number of hydrogen-bond donors (Lipinski definition) is 3. The van der Waals surface area contributed by atoms with Crippen molar-refractivity contribution in [3.8, 4) is 17.2 Å². The molecule has 1 aliphatic heterocycles. The molecule has 13 heteroatoms. The topological polar surface area (TPSA) is 148 Å². The first-order valence-electron chi connectivity index (χ1n) is 15.0. The SMILES string of the molecule is COc1cc(/C=C(\NC(=O)c2ccccc2)C(=O)Nc2ccc(SCC(=O)NC3=NN(c4ccccc4)C(=O)C3)cc2)cc(OC)c1OC. The Kier molecular flexibility index (Phi) is 11.3. The van der Waals surface area contributed by atoms with Crippen molar-refractivity contribution in [3.05, 3.63) is 114 Å². The molecule has 0 spiro atoms. The molecule has 0 atom stereocenters. The van der Waals surface area contributed by atoms with Crippen LogP contribution in [-0.2, 0) is 14.4 Å². The summed E-state index contributed by atoms with van der Waals surface area (Å²) in [6.07, 6.45) is 1.51. The summed E-state index contributed by atoms with van der Waals surface area (Å²) >= 11 is 1.28. The molecule has 4 aromatic rings. The summed E-state index contributed by atoms with van der Waals surface area (Å²) in [5.74, 6) is -0.0776. The van der Waals surface area contributed by atoms with Crippen LogP contribution in [0.4, 0.5) is 11.4 Å². The monoisotopic (exact) mass is 679 g/mol. The number of carbonyl (C=O) groups excluding carboxylic acids is 4. The minimum atomic E-state index is -0.575. The van der Waals surface area contributed by atoms with E-state index in [1.807, 2.05) is 6.07 Å². The molecule has 0 fully saturated rings. The van der Waals surface area contributed by atoms with Crippen LogP contribution in [0.2, 0.25) is 0 Å². The van der Waals surface area contributed by atoms with Crippen LogP contribution in [0.1, 0.15) is 22.3 Å². The Labute approximate surface area is 287 Å². The summed E-state index contributed by atoms with van der Waals surface area (Å²) in [5, 5.41) is 13.7. The fraction of sp³-hybridized carbons (Fsp3) is 0.139. The summed E-state index contributed by atoms with van der Waals surface area (Å²) in [6, 6.07) is 27.7. The Bertz CT molecular complexity index is 1870. The van der Waals surface area contributed by atoms with Crippen LogP contribution in [-0.4, -0.2) is 56.5 Å². The normalized spacial score (nSPS) is 12.6. The quantitative estimate of drug-likeness (QED) is 0.139. The summed E-state index contributed by atoms with van der Waals surface area (Å²) in [6.45, 7) is 0. The first kappa shape index (κ1) is 34.3. The summed E-state index contributed by atoms with van der Waals surface area (Å²) in [7, 11) is 4.45. The first-order chi connectivity index (χ1) is 23.8.